The zero-order valence-electron chi connectivity index (χ0n) is 18.2. The van der Waals surface area contributed by atoms with Gasteiger partial charge in [0.25, 0.3) is 0 Å². The summed E-state index contributed by atoms with van der Waals surface area (Å²) in [5.41, 5.74) is 0.108. The Morgan fingerprint density at radius 3 is 0.960 bits per heavy atom. The minimum absolute atomic E-state index is 0. The van der Waals surface area contributed by atoms with Crippen LogP contribution < -0.4 is 0 Å². The molecule has 3 nitrogen and oxygen atoms in total. The van der Waals surface area contributed by atoms with Gasteiger partial charge in [-0.1, -0.05) is 41.5 Å². The van der Waals surface area contributed by atoms with Crippen molar-refractivity contribution < 1.29 is 15.7 Å². The fourth-order valence-corrected chi connectivity index (χ4v) is 4.21. The minimum atomic E-state index is -0.373. The standard InChI is InChI=1S/2C11H22O.H2O/c2*1-10(2,3)9-5-7-11(4,12)8-6-9;/h2*9,12H,5-8H2,1-4H3;1H2. The Balaban J connectivity index is 0.000000443. The highest BCUT2D eigenvalue weighted by molar-refractivity contribution is 4.87. The lowest BCUT2D eigenvalue weighted by molar-refractivity contribution is -0.0102. The van der Waals surface area contributed by atoms with Crippen LogP contribution >= 0.6 is 0 Å². The molecule has 25 heavy (non-hydrogen) atoms. The lowest BCUT2D eigenvalue weighted by Crippen LogP contribution is -2.34. The highest BCUT2D eigenvalue weighted by atomic mass is 16.3. The van der Waals surface area contributed by atoms with Crippen molar-refractivity contribution in [3.05, 3.63) is 0 Å². The molecule has 0 radical (unpaired) electrons. The molecule has 152 valence electrons. The number of aliphatic hydroxyl groups is 2. The molecular formula is C22H46O3. The molecule has 2 rings (SSSR count). The van der Waals surface area contributed by atoms with Crippen molar-refractivity contribution in [2.45, 2.75) is 118 Å². The third-order valence-electron chi connectivity index (χ3n) is 6.58. The molecule has 0 saturated heterocycles. The van der Waals surface area contributed by atoms with E-state index in [0.717, 1.165) is 37.5 Å². The van der Waals surface area contributed by atoms with Crippen LogP contribution in [0.5, 0.6) is 0 Å². The predicted molar refractivity (Wildman–Crippen MR) is 108 cm³/mol. The second-order valence-electron chi connectivity index (χ2n) is 11.3. The number of hydrogen-bond donors (Lipinski definition) is 2. The molecule has 4 N–H and O–H groups in total. The van der Waals surface area contributed by atoms with Crippen molar-refractivity contribution in [3.63, 3.8) is 0 Å². The lowest BCUT2D eigenvalue weighted by atomic mass is 9.69. The van der Waals surface area contributed by atoms with Crippen molar-refractivity contribution in [2.24, 2.45) is 22.7 Å². The first-order chi connectivity index (χ1) is 10.6. The van der Waals surface area contributed by atoms with Gasteiger partial charge in [0, 0.05) is 0 Å². The molecule has 0 aromatic carbocycles. The van der Waals surface area contributed by atoms with Crippen LogP contribution in [0, 0.1) is 22.7 Å². The molecule has 2 fully saturated rings. The SMILES string of the molecule is CC1(O)CCC(C(C)(C)C)CC1.CC1(O)CCC(C(C)(C)C)CC1.O. The summed E-state index contributed by atoms with van der Waals surface area (Å²) >= 11 is 0. The molecule has 0 atom stereocenters. The van der Waals surface area contributed by atoms with Crippen LogP contribution in [0.3, 0.4) is 0 Å². The zero-order chi connectivity index (χ0) is 18.8. The molecule has 0 aliphatic heterocycles. The summed E-state index contributed by atoms with van der Waals surface area (Å²) < 4.78 is 0. The Morgan fingerprint density at radius 2 is 0.800 bits per heavy atom. The van der Waals surface area contributed by atoms with Crippen LogP contribution in [0.2, 0.25) is 0 Å². The second kappa shape index (κ2) is 8.71. The summed E-state index contributed by atoms with van der Waals surface area (Å²) in [5, 5.41) is 19.5. The Morgan fingerprint density at radius 1 is 0.600 bits per heavy atom. The Bertz CT molecular complexity index is 327. The highest BCUT2D eigenvalue weighted by Gasteiger charge is 2.35. The van der Waals surface area contributed by atoms with Crippen molar-refractivity contribution in [2.75, 3.05) is 0 Å². The summed E-state index contributed by atoms with van der Waals surface area (Å²) in [5.74, 6) is 1.61. The molecule has 2 saturated carbocycles. The first kappa shape index (κ1) is 24.9. The van der Waals surface area contributed by atoms with Crippen molar-refractivity contribution in [1.82, 2.24) is 0 Å². The van der Waals surface area contributed by atoms with E-state index < -0.39 is 0 Å². The molecule has 0 unspecified atom stereocenters. The van der Waals surface area contributed by atoms with Gasteiger partial charge in [0.1, 0.15) is 0 Å². The third-order valence-corrected chi connectivity index (χ3v) is 6.58. The van der Waals surface area contributed by atoms with Gasteiger partial charge >= 0.3 is 0 Å². The van der Waals surface area contributed by atoms with E-state index in [-0.39, 0.29) is 16.7 Å². The smallest absolute Gasteiger partial charge is 0.0620 e. The Kier molecular flexibility index (Phi) is 8.67. The number of rotatable bonds is 0. The van der Waals surface area contributed by atoms with E-state index in [9.17, 15) is 10.2 Å². The van der Waals surface area contributed by atoms with Gasteiger partial charge in [-0.05, 0) is 87.9 Å². The zero-order valence-corrected chi connectivity index (χ0v) is 18.2. The van der Waals surface area contributed by atoms with Crippen molar-refractivity contribution >= 4 is 0 Å². The maximum absolute atomic E-state index is 9.76. The normalized spacial score (nSPS) is 36.7. The molecule has 0 spiro atoms. The van der Waals surface area contributed by atoms with Crippen molar-refractivity contribution in [1.29, 1.82) is 0 Å². The van der Waals surface area contributed by atoms with Crippen LogP contribution in [0.1, 0.15) is 107 Å². The van der Waals surface area contributed by atoms with Gasteiger partial charge in [0.05, 0.1) is 11.2 Å². The fourth-order valence-electron chi connectivity index (χ4n) is 4.21. The monoisotopic (exact) mass is 358 g/mol. The van der Waals surface area contributed by atoms with Gasteiger partial charge in [-0.3, -0.25) is 0 Å². The molecule has 0 bridgehead atoms. The fraction of sp³-hybridized carbons (Fsp3) is 1.00. The number of hydrogen-bond acceptors (Lipinski definition) is 2. The van der Waals surface area contributed by atoms with E-state index in [0.29, 0.717) is 10.8 Å². The second-order valence-corrected chi connectivity index (χ2v) is 11.3. The molecule has 0 aromatic heterocycles. The Hall–Kier alpha value is -0.120. The van der Waals surface area contributed by atoms with E-state index in [2.05, 4.69) is 41.5 Å². The maximum Gasteiger partial charge on any atom is 0.0620 e. The van der Waals surface area contributed by atoms with Gasteiger partial charge in [-0.2, -0.15) is 0 Å². The summed E-state index contributed by atoms with van der Waals surface area (Å²) in [6.45, 7) is 17.7. The van der Waals surface area contributed by atoms with Crippen molar-refractivity contribution in [3.8, 4) is 0 Å². The van der Waals surface area contributed by atoms with Gasteiger partial charge in [-0.15, -0.1) is 0 Å². The van der Waals surface area contributed by atoms with Crippen LogP contribution in [-0.2, 0) is 0 Å². The summed E-state index contributed by atoms with van der Waals surface area (Å²) in [6.07, 6.45) is 8.69. The average molecular weight is 359 g/mol. The minimum Gasteiger partial charge on any atom is -0.412 e. The molecule has 0 heterocycles. The first-order valence-electron chi connectivity index (χ1n) is 10.1. The van der Waals surface area contributed by atoms with Crippen LogP contribution in [-0.4, -0.2) is 26.9 Å². The maximum atomic E-state index is 9.76. The van der Waals surface area contributed by atoms with E-state index in [4.69, 9.17) is 0 Å². The highest BCUT2D eigenvalue weighted by Crippen LogP contribution is 2.41. The van der Waals surface area contributed by atoms with E-state index >= 15 is 0 Å². The molecular weight excluding hydrogens is 312 g/mol. The molecule has 0 amide bonds. The molecule has 2 aliphatic carbocycles. The van der Waals surface area contributed by atoms with Crippen LogP contribution in [0.15, 0.2) is 0 Å². The van der Waals surface area contributed by atoms with Crippen LogP contribution in [0.4, 0.5) is 0 Å². The van der Waals surface area contributed by atoms with Gasteiger partial charge in [0.2, 0.25) is 0 Å². The largest absolute Gasteiger partial charge is 0.412 e. The quantitative estimate of drug-likeness (QED) is 0.630. The van der Waals surface area contributed by atoms with E-state index in [1.165, 1.54) is 25.7 Å². The summed E-state index contributed by atoms with van der Waals surface area (Å²) in [6, 6.07) is 0. The van der Waals surface area contributed by atoms with Gasteiger partial charge in [-0.25, -0.2) is 0 Å². The topological polar surface area (TPSA) is 72.0 Å². The van der Waals surface area contributed by atoms with Crippen LogP contribution in [0.25, 0.3) is 0 Å². The molecule has 2 aliphatic rings. The molecule has 3 heteroatoms. The summed E-state index contributed by atoms with van der Waals surface area (Å²) in [4.78, 5) is 0. The molecule has 0 aromatic rings. The third kappa shape index (κ3) is 8.88. The summed E-state index contributed by atoms with van der Waals surface area (Å²) in [7, 11) is 0. The Labute approximate surface area is 156 Å². The van der Waals surface area contributed by atoms with Gasteiger partial charge < -0.3 is 15.7 Å². The first-order valence-corrected chi connectivity index (χ1v) is 10.1. The predicted octanol–water partition coefficient (Wildman–Crippen LogP) is 5.12. The average Bonchev–Trinajstić information content (AvgIpc) is 2.36. The van der Waals surface area contributed by atoms with Gasteiger partial charge in [0.15, 0.2) is 0 Å². The van der Waals surface area contributed by atoms with E-state index in [1.807, 2.05) is 13.8 Å². The lowest BCUT2D eigenvalue weighted by Gasteiger charge is -2.39. The van der Waals surface area contributed by atoms with E-state index in [1.54, 1.807) is 0 Å².